The maximum absolute atomic E-state index is 10.9. The lowest BCUT2D eigenvalue weighted by molar-refractivity contribution is 0.863. The van der Waals surface area contributed by atoms with Crippen LogP contribution >= 0.6 is 11.8 Å². The fraction of sp³-hybridized carbons (Fsp3) is 0.100. The SMILES string of the molecule is CSc1ccc(-n2ccc(=O)[nH]2)cc1. The molecule has 0 aliphatic heterocycles. The summed E-state index contributed by atoms with van der Waals surface area (Å²) in [5, 5.41) is 2.68. The molecule has 1 aromatic carbocycles. The lowest BCUT2D eigenvalue weighted by Gasteiger charge is -2.02. The Bertz CT molecular complexity index is 469. The molecule has 0 fully saturated rings. The van der Waals surface area contributed by atoms with E-state index in [1.807, 2.05) is 30.5 Å². The molecule has 2 aromatic rings. The zero-order chi connectivity index (χ0) is 9.97. The van der Waals surface area contributed by atoms with Crippen LogP contribution in [0.2, 0.25) is 0 Å². The maximum Gasteiger partial charge on any atom is 0.264 e. The Balaban J connectivity index is 2.38. The standard InChI is InChI=1S/C10H10N2OS/c1-14-9-4-2-8(3-5-9)12-7-6-10(13)11-12/h2-7H,1H3,(H,11,13). The predicted octanol–water partition coefficient (Wildman–Crippen LogP) is 1.89. The van der Waals surface area contributed by atoms with Gasteiger partial charge in [0.05, 0.1) is 5.69 Å². The number of rotatable bonds is 2. The van der Waals surface area contributed by atoms with E-state index in [-0.39, 0.29) is 5.56 Å². The van der Waals surface area contributed by atoms with Crippen LogP contribution in [0.15, 0.2) is 46.2 Å². The molecule has 0 radical (unpaired) electrons. The highest BCUT2D eigenvalue weighted by atomic mass is 32.2. The van der Waals surface area contributed by atoms with Crippen molar-refractivity contribution in [3.63, 3.8) is 0 Å². The zero-order valence-corrected chi connectivity index (χ0v) is 8.54. The van der Waals surface area contributed by atoms with Gasteiger partial charge in [0.2, 0.25) is 0 Å². The van der Waals surface area contributed by atoms with Gasteiger partial charge in [0.25, 0.3) is 5.56 Å². The molecule has 0 bridgehead atoms. The van der Waals surface area contributed by atoms with Gasteiger partial charge in [-0.15, -0.1) is 11.8 Å². The van der Waals surface area contributed by atoms with E-state index >= 15 is 0 Å². The highest BCUT2D eigenvalue weighted by Gasteiger charge is 1.96. The summed E-state index contributed by atoms with van der Waals surface area (Å²) >= 11 is 1.70. The summed E-state index contributed by atoms with van der Waals surface area (Å²) in [6.45, 7) is 0. The predicted molar refractivity (Wildman–Crippen MR) is 58.2 cm³/mol. The van der Waals surface area contributed by atoms with Crippen LogP contribution < -0.4 is 5.56 Å². The number of aromatic nitrogens is 2. The minimum atomic E-state index is -0.0843. The van der Waals surface area contributed by atoms with Gasteiger partial charge >= 0.3 is 0 Å². The van der Waals surface area contributed by atoms with Crippen molar-refractivity contribution in [3.8, 4) is 5.69 Å². The van der Waals surface area contributed by atoms with E-state index < -0.39 is 0 Å². The van der Waals surface area contributed by atoms with Crippen molar-refractivity contribution in [2.24, 2.45) is 0 Å². The molecule has 2 rings (SSSR count). The van der Waals surface area contributed by atoms with E-state index in [1.165, 1.54) is 11.0 Å². The smallest absolute Gasteiger partial charge is 0.264 e. The third-order valence-electron chi connectivity index (χ3n) is 1.96. The first-order chi connectivity index (χ1) is 6.79. The van der Waals surface area contributed by atoms with Crippen molar-refractivity contribution in [2.45, 2.75) is 4.90 Å². The highest BCUT2D eigenvalue weighted by Crippen LogP contribution is 2.16. The fourth-order valence-corrected chi connectivity index (χ4v) is 1.64. The van der Waals surface area contributed by atoms with Crippen molar-refractivity contribution in [2.75, 3.05) is 6.26 Å². The van der Waals surface area contributed by atoms with E-state index in [9.17, 15) is 4.79 Å². The zero-order valence-electron chi connectivity index (χ0n) is 7.73. The molecular weight excluding hydrogens is 196 g/mol. The Morgan fingerprint density at radius 3 is 2.43 bits per heavy atom. The molecule has 0 spiro atoms. The summed E-state index contributed by atoms with van der Waals surface area (Å²) in [6.07, 6.45) is 3.75. The highest BCUT2D eigenvalue weighted by molar-refractivity contribution is 7.98. The van der Waals surface area contributed by atoms with E-state index in [2.05, 4.69) is 5.10 Å². The minimum absolute atomic E-state index is 0.0843. The van der Waals surface area contributed by atoms with Crippen molar-refractivity contribution < 1.29 is 0 Å². The number of H-pyrrole nitrogens is 1. The summed E-state index contributed by atoms with van der Waals surface area (Å²) in [6, 6.07) is 9.50. The lowest BCUT2D eigenvalue weighted by Crippen LogP contribution is -2.02. The van der Waals surface area contributed by atoms with Crippen LogP contribution in [0.25, 0.3) is 5.69 Å². The monoisotopic (exact) mass is 206 g/mol. The first-order valence-corrected chi connectivity index (χ1v) is 5.44. The van der Waals surface area contributed by atoms with Gasteiger partial charge in [0.15, 0.2) is 0 Å². The van der Waals surface area contributed by atoms with E-state index in [0.29, 0.717) is 0 Å². The summed E-state index contributed by atoms with van der Waals surface area (Å²) in [5.41, 5.74) is 0.879. The number of hydrogen-bond donors (Lipinski definition) is 1. The number of nitrogens with zero attached hydrogens (tertiary/aromatic N) is 1. The molecule has 0 atom stereocenters. The second-order valence-corrected chi connectivity index (χ2v) is 3.74. The second-order valence-electron chi connectivity index (χ2n) is 2.86. The summed E-state index contributed by atoms with van der Waals surface area (Å²) in [4.78, 5) is 12.1. The molecule has 3 nitrogen and oxygen atoms in total. The van der Waals surface area contributed by atoms with Gasteiger partial charge in [0.1, 0.15) is 0 Å². The molecule has 0 aliphatic rings. The van der Waals surface area contributed by atoms with Crippen LogP contribution in [0.3, 0.4) is 0 Å². The third-order valence-corrected chi connectivity index (χ3v) is 2.70. The molecule has 4 heteroatoms. The fourth-order valence-electron chi connectivity index (χ4n) is 1.23. The van der Waals surface area contributed by atoms with Gasteiger partial charge in [0, 0.05) is 17.2 Å². The van der Waals surface area contributed by atoms with Crippen molar-refractivity contribution in [3.05, 3.63) is 46.9 Å². The number of hydrogen-bond acceptors (Lipinski definition) is 2. The Kier molecular flexibility index (Phi) is 2.45. The second kappa shape index (κ2) is 3.75. The molecule has 0 saturated heterocycles. The van der Waals surface area contributed by atoms with Crippen LogP contribution in [0.4, 0.5) is 0 Å². The molecule has 1 heterocycles. The van der Waals surface area contributed by atoms with Gasteiger partial charge < -0.3 is 0 Å². The molecule has 14 heavy (non-hydrogen) atoms. The van der Waals surface area contributed by atoms with E-state index in [0.717, 1.165) is 5.69 Å². The Morgan fingerprint density at radius 1 is 1.21 bits per heavy atom. The van der Waals surface area contributed by atoms with Crippen LogP contribution in [-0.2, 0) is 0 Å². The first kappa shape index (κ1) is 9.15. The molecule has 72 valence electrons. The van der Waals surface area contributed by atoms with Crippen molar-refractivity contribution in [1.29, 1.82) is 0 Å². The van der Waals surface area contributed by atoms with Crippen LogP contribution in [0, 0.1) is 0 Å². The average molecular weight is 206 g/mol. The summed E-state index contributed by atoms with van der Waals surface area (Å²) in [7, 11) is 0. The number of nitrogens with one attached hydrogen (secondary N) is 1. The van der Waals surface area contributed by atoms with Gasteiger partial charge in [-0.3, -0.25) is 14.6 Å². The number of benzene rings is 1. The van der Waals surface area contributed by atoms with Crippen molar-refractivity contribution >= 4 is 11.8 Å². The third kappa shape index (κ3) is 1.75. The normalized spacial score (nSPS) is 10.4. The van der Waals surface area contributed by atoms with Crippen LogP contribution in [0.1, 0.15) is 0 Å². The van der Waals surface area contributed by atoms with Crippen molar-refractivity contribution in [1.82, 2.24) is 9.78 Å². The summed E-state index contributed by atoms with van der Waals surface area (Å²) in [5.74, 6) is 0. The molecule has 1 aromatic heterocycles. The van der Waals surface area contributed by atoms with Crippen LogP contribution in [-0.4, -0.2) is 16.0 Å². The Hall–Kier alpha value is -1.42. The Morgan fingerprint density at radius 2 is 1.93 bits per heavy atom. The Labute approximate surface area is 85.7 Å². The molecule has 0 saturated carbocycles. The van der Waals surface area contributed by atoms with E-state index in [4.69, 9.17) is 0 Å². The quantitative estimate of drug-likeness (QED) is 0.762. The van der Waals surface area contributed by atoms with Gasteiger partial charge in [-0.1, -0.05) is 0 Å². The maximum atomic E-state index is 10.9. The van der Waals surface area contributed by atoms with Gasteiger partial charge in [-0.2, -0.15) is 0 Å². The van der Waals surface area contributed by atoms with Gasteiger partial charge in [-0.05, 0) is 30.5 Å². The number of thioether (sulfide) groups is 1. The first-order valence-electron chi connectivity index (χ1n) is 4.22. The molecule has 1 N–H and O–H groups in total. The molecule has 0 aliphatic carbocycles. The molecular formula is C10H10N2OS. The van der Waals surface area contributed by atoms with E-state index in [1.54, 1.807) is 22.6 Å². The molecule has 0 amide bonds. The number of aromatic amines is 1. The lowest BCUT2D eigenvalue weighted by atomic mass is 10.3. The van der Waals surface area contributed by atoms with Gasteiger partial charge in [-0.25, -0.2) is 0 Å². The summed E-state index contributed by atoms with van der Waals surface area (Å²) < 4.78 is 1.70. The largest absolute Gasteiger partial charge is 0.268 e. The minimum Gasteiger partial charge on any atom is -0.268 e. The van der Waals surface area contributed by atoms with Crippen LogP contribution in [0.5, 0.6) is 0 Å². The molecule has 0 unspecified atom stereocenters. The average Bonchev–Trinajstić information content (AvgIpc) is 2.65. The topological polar surface area (TPSA) is 37.8 Å².